The van der Waals surface area contributed by atoms with E-state index in [9.17, 15) is 4.79 Å². The third-order valence-electron chi connectivity index (χ3n) is 6.52. The molecule has 2 aliphatic carbocycles. The number of nitrogens with zero attached hydrogens (tertiary/aromatic N) is 1. The second-order valence-corrected chi connectivity index (χ2v) is 8.06. The Balaban J connectivity index is 1.57. The molecule has 3 nitrogen and oxygen atoms in total. The Morgan fingerprint density at radius 1 is 0.931 bits per heavy atom. The van der Waals surface area contributed by atoms with Gasteiger partial charge >= 0.3 is 5.97 Å². The Morgan fingerprint density at radius 2 is 1.59 bits per heavy atom. The second-order valence-electron chi connectivity index (χ2n) is 8.06. The van der Waals surface area contributed by atoms with Crippen molar-refractivity contribution in [2.75, 3.05) is 0 Å². The number of rotatable bonds is 2. The van der Waals surface area contributed by atoms with Crippen LogP contribution in [0.4, 0.5) is 0 Å². The van der Waals surface area contributed by atoms with Gasteiger partial charge in [0.1, 0.15) is 5.75 Å². The largest absolute Gasteiger partial charge is 0.423 e. The Hall–Kier alpha value is -3.38. The van der Waals surface area contributed by atoms with Crippen molar-refractivity contribution in [2.45, 2.75) is 38.0 Å². The molecule has 0 bridgehead atoms. The minimum atomic E-state index is -0.382. The van der Waals surface area contributed by atoms with Crippen LogP contribution in [0.15, 0.2) is 60.7 Å². The smallest absolute Gasteiger partial charge is 0.343 e. The van der Waals surface area contributed by atoms with Gasteiger partial charge in [-0.15, -0.1) is 0 Å². The maximum atomic E-state index is 12.8. The molecular weight excluding hydrogens is 358 g/mol. The zero-order chi connectivity index (χ0) is 20.0. The van der Waals surface area contributed by atoms with E-state index >= 15 is 0 Å². The standard InChI is InChI=1S/C26H21NO2/c1-17-4-2-5-19-12-14-26(23(17)19)15-13-20-6-3-7-22(24(20)26)29-25(28)21-10-8-18(16-27)9-11-21/h2-11H,12-15H2,1H3. The molecule has 0 radical (unpaired) electrons. The van der Waals surface area contributed by atoms with Gasteiger partial charge in [-0.1, -0.05) is 30.3 Å². The fourth-order valence-electron chi connectivity index (χ4n) is 5.32. The fraction of sp³-hybridized carbons (Fsp3) is 0.231. The molecule has 29 heavy (non-hydrogen) atoms. The Morgan fingerprint density at radius 3 is 2.28 bits per heavy atom. The highest BCUT2D eigenvalue weighted by Crippen LogP contribution is 2.55. The lowest BCUT2D eigenvalue weighted by atomic mass is 9.74. The molecule has 0 aliphatic heterocycles. The number of aryl methyl sites for hydroxylation is 3. The number of fused-ring (bicyclic) bond motifs is 4. The minimum Gasteiger partial charge on any atom is -0.423 e. The van der Waals surface area contributed by atoms with Crippen molar-refractivity contribution in [2.24, 2.45) is 0 Å². The van der Waals surface area contributed by atoms with E-state index in [1.807, 2.05) is 12.1 Å². The first-order chi connectivity index (χ1) is 14.1. The van der Waals surface area contributed by atoms with Crippen molar-refractivity contribution in [1.82, 2.24) is 0 Å². The van der Waals surface area contributed by atoms with Crippen LogP contribution in [0, 0.1) is 18.3 Å². The van der Waals surface area contributed by atoms with E-state index in [1.54, 1.807) is 24.3 Å². The SMILES string of the molecule is Cc1cccc2c1C1(CC2)CCc2cccc(OC(=O)c3ccc(C#N)cc3)c21. The number of hydrogen-bond acceptors (Lipinski definition) is 3. The zero-order valence-corrected chi connectivity index (χ0v) is 16.4. The summed E-state index contributed by atoms with van der Waals surface area (Å²) in [6.07, 6.45) is 4.19. The van der Waals surface area contributed by atoms with Crippen LogP contribution in [0.2, 0.25) is 0 Å². The molecule has 0 amide bonds. The predicted molar refractivity (Wildman–Crippen MR) is 111 cm³/mol. The summed E-state index contributed by atoms with van der Waals surface area (Å²) in [7, 11) is 0. The number of benzene rings is 3. The molecule has 3 aromatic rings. The molecule has 5 rings (SSSR count). The molecule has 142 valence electrons. The molecule has 3 heteroatoms. The second kappa shape index (κ2) is 6.60. The number of ether oxygens (including phenoxy) is 1. The third kappa shape index (κ3) is 2.68. The van der Waals surface area contributed by atoms with Crippen LogP contribution >= 0.6 is 0 Å². The Kier molecular flexibility index (Phi) is 4.03. The number of hydrogen-bond donors (Lipinski definition) is 0. The molecule has 0 saturated carbocycles. The predicted octanol–water partition coefficient (Wildman–Crippen LogP) is 5.26. The molecule has 0 N–H and O–H groups in total. The molecule has 1 atom stereocenters. The average Bonchev–Trinajstić information content (AvgIpc) is 3.32. The van der Waals surface area contributed by atoms with Crippen molar-refractivity contribution >= 4 is 5.97 Å². The molecule has 1 unspecified atom stereocenters. The van der Waals surface area contributed by atoms with Gasteiger partial charge in [-0.05, 0) is 85.2 Å². The highest BCUT2D eigenvalue weighted by molar-refractivity contribution is 5.91. The van der Waals surface area contributed by atoms with Gasteiger partial charge in [0.25, 0.3) is 0 Å². The number of carbonyl (C=O) groups excluding carboxylic acids is 1. The van der Waals surface area contributed by atoms with Crippen LogP contribution in [0.5, 0.6) is 5.75 Å². The molecular formula is C26H21NO2. The molecule has 3 aromatic carbocycles. The summed E-state index contributed by atoms with van der Waals surface area (Å²) < 4.78 is 5.94. The monoisotopic (exact) mass is 379 g/mol. The number of esters is 1. The maximum Gasteiger partial charge on any atom is 0.343 e. The van der Waals surface area contributed by atoms with E-state index in [0.717, 1.165) is 25.7 Å². The van der Waals surface area contributed by atoms with Crippen LogP contribution < -0.4 is 4.74 Å². The van der Waals surface area contributed by atoms with E-state index < -0.39 is 0 Å². The molecule has 0 aromatic heterocycles. The molecule has 0 saturated heterocycles. The van der Waals surface area contributed by atoms with Crippen LogP contribution in [0.3, 0.4) is 0 Å². The summed E-state index contributed by atoms with van der Waals surface area (Å²) in [5.74, 6) is 0.290. The summed E-state index contributed by atoms with van der Waals surface area (Å²) >= 11 is 0. The van der Waals surface area contributed by atoms with Crippen LogP contribution in [0.25, 0.3) is 0 Å². The summed E-state index contributed by atoms with van der Waals surface area (Å²) in [4.78, 5) is 12.8. The normalized spacial score (nSPS) is 18.9. The lowest BCUT2D eigenvalue weighted by Gasteiger charge is -2.29. The first-order valence-corrected chi connectivity index (χ1v) is 10.1. The topological polar surface area (TPSA) is 50.1 Å². The van der Waals surface area contributed by atoms with Crippen molar-refractivity contribution in [3.63, 3.8) is 0 Å². The molecule has 1 spiro atoms. The number of nitriles is 1. The van der Waals surface area contributed by atoms with Gasteiger partial charge in [0.05, 0.1) is 17.2 Å². The first-order valence-electron chi connectivity index (χ1n) is 10.1. The van der Waals surface area contributed by atoms with Gasteiger partial charge in [0.15, 0.2) is 0 Å². The summed E-state index contributed by atoms with van der Waals surface area (Å²) in [5, 5.41) is 8.96. The zero-order valence-electron chi connectivity index (χ0n) is 16.4. The van der Waals surface area contributed by atoms with Crippen molar-refractivity contribution in [1.29, 1.82) is 5.26 Å². The van der Waals surface area contributed by atoms with Crippen LogP contribution in [-0.4, -0.2) is 5.97 Å². The fourth-order valence-corrected chi connectivity index (χ4v) is 5.32. The summed E-state index contributed by atoms with van der Waals surface area (Å²) in [6.45, 7) is 2.19. The first kappa shape index (κ1) is 17.7. The van der Waals surface area contributed by atoms with E-state index in [1.165, 1.54) is 27.8 Å². The van der Waals surface area contributed by atoms with Gasteiger partial charge in [-0.2, -0.15) is 5.26 Å². The lowest BCUT2D eigenvalue weighted by Crippen LogP contribution is -2.24. The van der Waals surface area contributed by atoms with E-state index in [2.05, 4.69) is 37.3 Å². The van der Waals surface area contributed by atoms with E-state index in [0.29, 0.717) is 16.9 Å². The van der Waals surface area contributed by atoms with Gasteiger partial charge < -0.3 is 4.74 Å². The van der Waals surface area contributed by atoms with E-state index in [-0.39, 0.29) is 11.4 Å². The number of carbonyl (C=O) groups is 1. The summed E-state index contributed by atoms with van der Waals surface area (Å²) in [5.41, 5.74) is 7.57. The van der Waals surface area contributed by atoms with Crippen molar-refractivity contribution in [3.05, 3.63) is 99.6 Å². The van der Waals surface area contributed by atoms with Crippen LogP contribution in [-0.2, 0) is 18.3 Å². The lowest BCUT2D eigenvalue weighted by molar-refractivity contribution is 0.0732. The van der Waals surface area contributed by atoms with Crippen LogP contribution in [0.1, 0.15) is 56.6 Å². The third-order valence-corrected chi connectivity index (χ3v) is 6.52. The minimum absolute atomic E-state index is 0.0580. The Bertz CT molecular complexity index is 1170. The Labute approximate surface area is 170 Å². The summed E-state index contributed by atoms with van der Waals surface area (Å²) in [6, 6.07) is 21.3. The van der Waals surface area contributed by atoms with Gasteiger partial charge in [-0.25, -0.2) is 4.79 Å². The van der Waals surface area contributed by atoms with Gasteiger partial charge in [-0.3, -0.25) is 0 Å². The van der Waals surface area contributed by atoms with E-state index in [4.69, 9.17) is 10.00 Å². The maximum absolute atomic E-state index is 12.8. The molecule has 0 fully saturated rings. The highest BCUT2D eigenvalue weighted by atomic mass is 16.5. The van der Waals surface area contributed by atoms with Crippen molar-refractivity contribution < 1.29 is 9.53 Å². The highest BCUT2D eigenvalue weighted by Gasteiger charge is 2.47. The molecule has 0 heterocycles. The van der Waals surface area contributed by atoms with Crippen molar-refractivity contribution in [3.8, 4) is 11.8 Å². The van der Waals surface area contributed by atoms with Gasteiger partial charge in [0.2, 0.25) is 0 Å². The average molecular weight is 379 g/mol. The quantitative estimate of drug-likeness (QED) is 0.450. The van der Waals surface area contributed by atoms with Gasteiger partial charge in [0, 0.05) is 11.0 Å². The molecule has 2 aliphatic rings.